The van der Waals surface area contributed by atoms with Gasteiger partial charge in [-0.25, -0.2) is 13.6 Å². The molecule has 162 valence electrons. The normalized spacial score (nSPS) is 24.8. The molecule has 3 aliphatic rings. The largest absolute Gasteiger partial charge is 0.442 e. The Hall–Kier alpha value is -2.75. The SMILES string of the molecule is O=C1CCC(c2c(F)cc(N3CC(OC(=O)N[C@H]4CCCOC4)C3)cc2F)C(=O)N1. The van der Waals surface area contributed by atoms with Crippen LogP contribution in [0.3, 0.4) is 0 Å². The van der Waals surface area contributed by atoms with E-state index in [4.69, 9.17) is 9.47 Å². The highest BCUT2D eigenvalue weighted by molar-refractivity contribution is 6.01. The fourth-order valence-corrected chi connectivity index (χ4v) is 3.99. The highest BCUT2D eigenvalue weighted by atomic mass is 19.1. The van der Waals surface area contributed by atoms with Crippen LogP contribution < -0.4 is 15.5 Å². The average Bonchev–Trinajstić information content (AvgIpc) is 2.66. The van der Waals surface area contributed by atoms with E-state index in [0.29, 0.717) is 32.0 Å². The predicted octanol–water partition coefficient (Wildman–Crippen LogP) is 1.58. The van der Waals surface area contributed by atoms with Crippen molar-refractivity contribution >= 4 is 23.6 Å². The summed E-state index contributed by atoms with van der Waals surface area (Å²) in [5, 5.41) is 4.87. The third-order valence-electron chi connectivity index (χ3n) is 5.62. The van der Waals surface area contributed by atoms with Crippen LogP contribution in [-0.2, 0) is 19.1 Å². The van der Waals surface area contributed by atoms with E-state index in [-0.39, 0.29) is 30.6 Å². The van der Waals surface area contributed by atoms with Crippen LogP contribution in [0.25, 0.3) is 0 Å². The topological polar surface area (TPSA) is 97.0 Å². The molecule has 3 amide bonds. The molecule has 3 heterocycles. The Kier molecular flexibility index (Phi) is 5.85. The number of amides is 3. The zero-order valence-corrected chi connectivity index (χ0v) is 16.3. The number of hydrogen-bond acceptors (Lipinski definition) is 6. The quantitative estimate of drug-likeness (QED) is 0.714. The van der Waals surface area contributed by atoms with Crippen LogP contribution in [0.5, 0.6) is 0 Å². The lowest BCUT2D eigenvalue weighted by atomic mass is 9.89. The molecule has 0 radical (unpaired) electrons. The molecular formula is C20H23F2N3O5. The first kappa shape index (κ1) is 20.5. The summed E-state index contributed by atoms with van der Waals surface area (Å²) in [4.78, 5) is 36.8. The van der Waals surface area contributed by atoms with Gasteiger partial charge in [-0.1, -0.05) is 0 Å². The van der Waals surface area contributed by atoms with E-state index in [0.717, 1.165) is 25.0 Å². The Bertz CT molecular complexity index is 830. The molecule has 4 rings (SSSR count). The summed E-state index contributed by atoms with van der Waals surface area (Å²) in [6.45, 7) is 1.78. The number of benzene rings is 1. The first-order chi connectivity index (χ1) is 14.4. The number of ether oxygens (including phenoxy) is 2. The molecule has 0 bridgehead atoms. The minimum Gasteiger partial charge on any atom is -0.442 e. The Balaban J connectivity index is 1.33. The Morgan fingerprint density at radius 3 is 2.57 bits per heavy atom. The Morgan fingerprint density at radius 1 is 1.20 bits per heavy atom. The van der Waals surface area contributed by atoms with Crippen LogP contribution in [0, 0.1) is 11.6 Å². The highest BCUT2D eigenvalue weighted by Gasteiger charge is 2.35. The number of nitrogens with zero attached hydrogens (tertiary/aromatic N) is 1. The summed E-state index contributed by atoms with van der Waals surface area (Å²) in [6, 6.07) is 2.26. The number of imide groups is 1. The van der Waals surface area contributed by atoms with Gasteiger partial charge < -0.3 is 19.7 Å². The second-order valence-corrected chi connectivity index (χ2v) is 7.82. The maximum atomic E-state index is 14.6. The van der Waals surface area contributed by atoms with E-state index in [1.54, 1.807) is 4.90 Å². The molecule has 1 unspecified atom stereocenters. The molecule has 0 aliphatic carbocycles. The summed E-state index contributed by atoms with van der Waals surface area (Å²) in [5.41, 5.74) is -0.0202. The summed E-state index contributed by atoms with van der Waals surface area (Å²) < 4.78 is 39.9. The number of alkyl carbamates (subject to hydrolysis) is 1. The van der Waals surface area contributed by atoms with Crippen molar-refractivity contribution in [3.8, 4) is 0 Å². The molecule has 1 aromatic rings. The minimum atomic E-state index is -1.03. The zero-order valence-electron chi connectivity index (χ0n) is 16.3. The molecule has 8 nitrogen and oxygen atoms in total. The van der Waals surface area contributed by atoms with Gasteiger partial charge in [0.15, 0.2) is 0 Å². The zero-order chi connectivity index (χ0) is 21.3. The molecule has 0 saturated carbocycles. The van der Waals surface area contributed by atoms with Crippen LogP contribution in [0.15, 0.2) is 12.1 Å². The number of rotatable bonds is 4. The van der Waals surface area contributed by atoms with E-state index in [1.807, 2.05) is 0 Å². The molecule has 2 atom stereocenters. The second kappa shape index (κ2) is 8.55. The number of anilines is 1. The number of carbonyl (C=O) groups is 3. The fraction of sp³-hybridized carbons (Fsp3) is 0.550. The van der Waals surface area contributed by atoms with Gasteiger partial charge in [-0.2, -0.15) is 0 Å². The third kappa shape index (κ3) is 4.38. The molecule has 1 aromatic carbocycles. The number of halogens is 2. The smallest absolute Gasteiger partial charge is 0.407 e. The molecule has 0 spiro atoms. The van der Waals surface area contributed by atoms with Crippen LogP contribution in [0.2, 0.25) is 0 Å². The maximum Gasteiger partial charge on any atom is 0.407 e. The van der Waals surface area contributed by atoms with E-state index < -0.39 is 35.5 Å². The monoisotopic (exact) mass is 423 g/mol. The van der Waals surface area contributed by atoms with Crippen molar-refractivity contribution in [2.75, 3.05) is 31.2 Å². The van der Waals surface area contributed by atoms with Crippen molar-refractivity contribution < 1.29 is 32.6 Å². The van der Waals surface area contributed by atoms with Crippen molar-refractivity contribution in [3.05, 3.63) is 29.3 Å². The Morgan fingerprint density at radius 2 is 1.93 bits per heavy atom. The molecule has 2 N–H and O–H groups in total. The van der Waals surface area contributed by atoms with Gasteiger partial charge >= 0.3 is 6.09 Å². The molecular weight excluding hydrogens is 400 g/mol. The van der Waals surface area contributed by atoms with Gasteiger partial charge in [0.1, 0.15) is 17.7 Å². The number of nitrogens with one attached hydrogen (secondary N) is 2. The molecule has 3 saturated heterocycles. The van der Waals surface area contributed by atoms with E-state index >= 15 is 0 Å². The third-order valence-corrected chi connectivity index (χ3v) is 5.62. The minimum absolute atomic E-state index is 0.0389. The lowest BCUT2D eigenvalue weighted by Gasteiger charge is -2.40. The van der Waals surface area contributed by atoms with Crippen molar-refractivity contribution in [1.29, 1.82) is 0 Å². The van der Waals surface area contributed by atoms with Crippen LogP contribution in [-0.4, -0.2) is 56.4 Å². The first-order valence-electron chi connectivity index (χ1n) is 10.0. The summed E-state index contributed by atoms with van der Waals surface area (Å²) in [7, 11) is 0. The highest BCUT2D eigenvalue weighted by Crippen LogP contribution is 2.33. The predicted molar refractivity (Wildman–Crippen MR) is 101 cm³/mol. The summed E-state index contributed by atoms with van der Waals surface area (Å²) >= 11 is 0. The molecule has 0 aromatic heterocycles. The lowest BCUT2D eigenvalue weighted by Crippen LogP contribution is -2.55. The number of carbonyl (C=O) groups excluding carboxylic acids is 3. The van der Waals surface area contributed by atoms with Crippen molar-refractivity contribution in [2.24, 2.45) is 0 Å². The van der Waals surface area contributed by atoms with Crippen LogP contribution >= 0.6 is 0 Å². The van der Waals surface area contributed by atoms with Crippen molar-refractivity contribution in [3.63, 3.8) is 0 Å². The van der Waals surface area contributed by atoms with Gasteiger partial charge in [0, 0.05) is 24.3 Å². The summed E-state index contributed by atoms with van der Waals surface area (Å²) in [6.07, 6.45) is 0.921. The average molecular weight is 423 g/mol. The fourth-order valence-electron chi connectivity index (χ4n) is 3.99. The van der Waals surface area contributed by atoms with Crippen molar-refractivity contribution in [1.82, 2.24) is 10.6 Å². The standard InChI is InChI=1S/C20H23F2N3O5/c21-15-6-12(7-16(22)18(15)14-3-4-17(26)24-19(14)27)25-8-13(9-25)30-20(28)23-11-2-1-5-29-10-11/h6-7,11,13-14H,1-5,8-10H2,(H,23,28)(H,24,26,27)/t11-,14?/m0/s1. The lowest BCUT2D eigenvalue weighted by molar-refractivity contribution is -0.134. The van der Waals surface area contributed by atoms with E-state index in [1.165, 1.54) is 0 Å². The van der Waals surface area contributed by atoms with Crippen molar-refractivity contribution in [2.45, 2.75) is 43.7 Å². The Labute approximate surface area is 171 Å². The molecule has 30 heavy (non-hydrogen) atoms. The molecule has 3 fully saturated rings. The van der Waals surface area contributed by atoms with E-state index in [2.05, 4.69) is 10.6 Å². The number of piperidine rings is 1. The second-order valence-electron chi connectivity index (χ2n) is 7.82. The van der Waals surface area contributed by atoms with Gasteiger partial charge in [-0.3, -0.25) is 14.9 Å². The van der Waals surface area contributed by atoms with Crippen LogP contribution in [0.1, 0.15) is 37.2 Å². The molecule has 10 heteroatoms. The molecule has 3 aliphatic heterocycles. The first-order valence-corrected chi connectivity index (χ1v) is 10.0. The number of hydrogen-bond donors (Lipinski definition) is 2. The van der Waals surface area contributed by atoms with E-state index in [9.17, 15) is 23.2 Å². The van der Waals surface area contributed by atoms with Gasteiger partial charge in [-0.05, 0) is 31.4 Å². The van der Waals surface area contributed by atoms with Crippen LogP contribution in [0.4, 0.5) is 19.3 Å². The summed E-state index contributed by atoms with van der Waals surface area (Å²) in [5.74, 6) is -3.83. The van der Waals surface area contributed by atoms with Gasteiger partial charge in [0.25, 0.3) is 0 Å². The maximum absolute atomic E-state index is 14.6. The van der Waals surface area contributed by atoms with Gasteiger partial charge in [0.2, 0.25) is 11.8 Å². The van der Waals surface area contributed by atoms with Gasteiger partial charge in [-0.15, -0.1) is 0 Å². The van der Waals surface area contributed by atoms with Gasteiger partial charge in [0.05, 0.1) is 31.7 Å².